The molecule has 0 radical (unpaired) electrons. The maximum absolute atomic E-state index is 2.65. The Hall–Kier alpha value is -7.46. The fraction of sp³-hybridized carbons (Fsp3) is 0.125. The number of nitrogens with zero attached hydrogens (tertiary/aromatic N) is 2. The van der Waals surface area contributed by atoms with E-state index in [2.05, 4.69) is 257 Å². The summed E-state index contributed by atoms with van der Waals surface area (Å²) in [5.41, 5.74) is 20.7. The van der Waals surface area contributed by atoms with Crippen molar-refractivity contribution in [2.45, 2.75) is 51.6 Å². The zero-order chi connectivity index (χ0) is 45.4. The van der Waals surface area contributed by atoms with Crippen molar-refractivity contribution in [2.75, 3.05) is 9.80 Å². The Kier molecular flexibility index (Phi) is 8.49. The van der Waals surface area contributed by atoms with Gasteiger partial charge in [0.15, 0.2) is 0 Å². The minimum atomic E-state index is -2.19. The van der Waals surface area contributed by atoms with Gasteiger partial charge in [-0.2, -0.15) is 0 Å². The molecule has 2 nitrogen and oxygen atoms in total. The average molecular weight is 877 g/mol. The molecule has 10 aromatic carbocycles. The Bertz CT molecular complexity index is 3330. The predicted octanol–water partition coefficient (Wildman–Crippen LogP) is 16.3. The molecule has 2 aliphatic carbocycles. The van der Waals surface area contributed by atoms with E-state index < -0.39 is 8.07 Å². The highest BCUT2D eigenvalue weighted by atomic mass is 28.3. The molecule has 0 spiro atoms. The van der Waals surface area contributed by atoms with E-state index in [4.69, 9.17) is 0 Å². The molecule has 322 valence electrons. The fourth-order valence-electron chi connectivity index (χ4n) is 12.4. The van der Waals surface area contributed by atoms with Gasteiger partial charge in [-0.1, -0.05) is 174 Å². The van der Waals surface area contributed by atoms with Crippen LogP contribution in [0.25, 0.3) is 54.9 Å². The molecule has 67 heavy (non-hydrogen) atoms. The second-order valence-electron chi connectivity index (χ2n) is 20.5. The van der Waals surface area contributed by atoms with Gasteiger partial charge >= 0.3 is 0 Å². The number of hydrogen-bond acceptors (Lipinski definition) is 2. The summed E-state index contributed by atoms with van der Waals surface area (Å²) < 4.78 is 0. The van der Waals surface area contributed by atoms with Gasteiger partial charge in [0.1, 0.15) is 8.07 Å². The van der Waals surface area contributed by atoms with Crippen LogP contribution in [0.15, 0.2) is 206 Å². The second-order valence-corrected chi connectivity index (χ2v) is 24.8. The number of anilines is 6. The highest BCUT2D eigenvalue weighted by Gasteiger charge is 2.46. The standard InChI is InChI=1S/C64H52N2Si/c1-63(2)53-35-49-50-36-54-52(62-48-34-22-20-32-46(48)58(40-56(62)64(54,3)4)66(43-27-15-9-16-28-43)44-29-17-10-18-30-44)38-60(50)67(5,6)59(49)37-51(53)61-47-33-21-19-31-45(47)57(39-55(61)63)65(41-23-11-7-12-24-41)42-25-13-8-14-26-42/h7-40H,1-6H3. The van der Waals surface area contributed by atoms with Gasteiger partial charge in [0.25, 0.3) is 0 Å². The summed E-state index contributed by atoms with van der Waals surface area (Å²) in [4.78, 5) is 4.89. The molecule has 0 N–H and O–H groups in total. The summed E-state index contributed by atoms with van der Waals surface area (Å²) in [6, 6.07) is 77.2. The first kappa shape index (κ1) is 39.9. The maximum atomic E-state index is 2.65. The van der Waals surface area contributed by atoms with Crippen LogP contribution >= 0.6 is 0 Å². The van der Waals surface area contributed by atoms with Crippen LogP contribution in [-0.2, 0) is 10.8 Å². The van der Waals surface area contributed by atoms with Crippen molar-refractivity contribution >= 4 is 74.1 Å². The molecule has 0 aromatic heterocycles. The Labute approximate surface area is 395 Å². The van der Waals surface area contributed by atoms with Crippen molar-refractivity contribution in [1.29, 1.82) is 0 Å². The molecule has 3 aliphatic rings. The Morgan fingerprint density at radius 1 is 0.313 bits per heavy atom. The lowest BCUT2D eigenvalue weighted by Gasteiger charge is -2.30. The van der Waals surface area contributed by atoms with Gasteiger partial charge in [-0.15, -0.1) is 0 Å². The van der Waals surface area contributed by atoms with Crippen LogP contribution in [-0.4, -0.2) is 8.07 Å². The lowest BCUT2D eigenvalue weighted by atomic mass is 9.79. The SMILES string of the molecule is CC1(C)c2cc3c(cc2-c2c1cc(N(c1ccccc1)c1ccccc1)c1ccccc21)[Si](C)(C)c1cc2c(cc1-3)C(C)(C)c1cc(N(c3ccccc3)c3ccccc3)c3ccccc3c1-2. The molecule has 0 saturated heterocycles. The molecule has 0 atom stereocenters. The average Bonchev–Trinajstić information content (AvgIpc) is 3.83. The largest absolute Gasteiger partial charge is 0.310 e. The van der Waals surface area contributed by atoms with Crippen molar-refractivity contribution in [3.63, 3.8) is 0 Å². The summed E-state index contributed by atoms with van der Waals surface area (Å²) in [5, 5.41) is 8.26. The van der Waals surface area contributed by atoms with Crippen LogP contribution in [0, 0.1) is 0 Å². The molecular weight excluding hydrogens is 825 g/mol. The van der Waals surface area contributed by atoms with Crippen LogP contribution in [0.2, 0.25) is 13.1 Å². The normalized spacial score (nSPS) is 15.1. The topological polar surface area (TPSA) is 6.48 Å². The quantitative estimate of drug-likeness (QED) is 0.154. The van der Waals surface area contributed by atoms with Gasteiger partial charge < -0.3 is 9.80 Å². The molecular formula is C64H52N2Si. The molecule has 0 saturated carbocycles. The van der Waals surface area contributed by atoms with E-state index in [1.54, 1.807) is 10.4 Å². The van der Waals surface area contributed by atoms with Crippen molar-refractivity contribution in [3.05, 3.63) is 229 Å². The molecule has 0 bridgehead atoms. The van der Waals surface area contributed by atoms with Crippen LogP contribution in [0.1, 0.15) is 49.9 Å². The minimum Gasteiger partial charge on any atom is -0.310 e. The third-order valence-electron chi connectivity index (χ3n) is 15.8. The zero-order valence-electron chi connectivity index (χ0n) is 39.0. The molecule has 10 aromatic rings. The third kappa shape index (κ3) is 5.62. The molecule has 1 heterocycles. The van der Waals surface area contributed by atoms with Crippen LogP contribution < -0.4 is 20.2 Å². The van der Waals surface area contributed by atoms with Crippen molar-refractivity contribution in [1.82, 2.24) is 0 Å². The smallest absolute Gasteiger partial charge is 0.113 e. The predicted molar refractivity (Wildman–Crippen MR) is 288 cm³/mol. The molecule has 0 amide bonds. The first-order chi connectivity index (χ1) is 32.5. The van der Waals surface area contributed by atoms with E-state index in [1.807, 2.05) is 0 Å². The Balaban J connectivity index is 0.991. The Morgan fingerprint density at radius 2 is 0.612 bits per heavy atom. The minimum absolute atomic E-state index is 0.225. The number of rotatable bonds is 6. The lowest BCUT2D eigenvalue weighted by molar-refractivity contribution is 0.660. The van der Waals surface area contributed by atoms with E-state index >= 15 is 0 Å². The van der Waals surface area contributed by atoms with Crippen LogP contribution in [0.4, 0.5) is 34.1 Å². The summed E-state index contributed by atoms with van der Waals surface area (Å²) in [6.07, 6.45) is 0. The van der Waals surface area contributed by atoms with Crippen molar-refractivity contribution in [2.24, 2.45) is 0 Å². The maximum Gasteiger partial charge on any atom is 0.113 e. The second kappa shape index (κ2) is 14.3. The number of benzene rings is 10. The van der Waals surface area contributed by atoms with Crippen molar-refractivity contribution in [3.8, 4) is 33.4 Å². The van der Waals surface area contributed by atoms with Crippen molar-refractivity contribution < 1.29 is 0 Å². The summed E-state index contributed by atoms with van der Waals surface area (Å²) in [5.74, 6) is 0. The van der Waals surface area contributed by atoms with Crippen LogP contribution in [0.5, 0.6) is 0 Å². The number of para-hydroxylation sites is 4. The summed E-state index contributed by atoms with van der Waals surface area (Å²) in [6.45, 7) is 15.0. The van der Waals surface area contributed by atoms with Gasteiger partial charge in [-0.05, 0) is 150 Å². The molecule has 13 rings (SSSR count). The lowest BCUT2D eigenvalue weighted by Crippen LogP contribution is -2.49. The highest BCUT2D eigenvalue weighted by Crippen LogP contribution is 2.58. The van der Waals surface area contributed by atoms with E-state index in [-0.39, 0.29) is 10.8 Å². The first-order valence-electron chi connectivity index (χ1n) is 23.9. The van der Waals surface area contributed by atoms with E-state index in [1.165, 1.54) is 88.6 Å². The van der Waals surface area contributed by atoms with Gasteiger partial charge in [0.2, 0.25) is 0 Å². The van der Waals surface area contributed by atoms with Gasteiger partial charge in [-0.25, -0.2) is 0 Å². The first-order valence-corrected chi connectivity index (χ1v) is 26.9. The molecule has 0 fully saturated rings. The van der Waals surface area contributed by atoms with E-state index in [0.29, 0.717) is 0 Å². The molecule has 0 unspecified atom stereocenters. The summed E-state index contributed by atoms with van der Waals surface area (Å²) >= 11 is 0. The fourth-order valence-corrected chi connectivity index (χ4v) is 15.4. The monoisotopic (exact) mass is 876 g/mol. The molecule has 1 aliphatic heterocycles. The molecule has 3 heteroatoms. The third-order valence-corrected chi connectivity index (χ3v) is 19.3. The number of hydrogen-bond donors (Lipinski definition) is 0. The number of fused-ring (bicyclic) bond motifs is 13. The highest BCUT2D eigenvalue weighted by molar-refractivity contribution is 7.04. The van der Waals surface area contributed by atoms with E-state index in [9.17, 15) is 0 Å². The zero-order valence-corrected chi connectivity index (χ0v) is 40.0. The Morgan fingerprint density at radius 3 is 0.940 bits per heavy atom. The van der Waals surface area contributed by atoms with E-state index in [0.717, 1.165) is 22.7 Å². The summed E-state index contributed by atoms with van der Waals surface area (Å²) in [7, 11) is -2.19. The van der Waals surface area contributed by atoms with Gasteiger partial charge in [-0.3, -0.25) is 0 Å². The van der Waals surface area contributed by atoms with Gasteiger partial charge in [0.05, 0.1) is 11.4 Å². The van der Waals surface area contributed by atoms with Crippen LogP contribution in [0.3, 0.4) is 0 Å². The van der Waals surface area contributed by atoms with Gasteiger partial charge in [0, 0.05) is 44.4 Å².